The van der Waals surface area contributed by atoms with Crippen LogP contribution in [0.15, 0.2) is 0 Å². The van der Waals surface area contributed by atoms with Gasteiger partial charge in [-0.1, -0.05) is 41.0 Å². The Morgan fingerprint density at radius 1 is 1.35 bits per heavy atom. The predicted molar refractivity (Wildman–Crippen MR) is 67.3 cm³/mol. The van der Waals surface area contributed by atoms with Gasteiger partial charge in [0.25, 0.3) is 0 Å². The topological polar surface area (TPSA) is 83.5 Å². The molecule has 0 saturated heterocycles. The molecule has 0 aromatic rings. The van der Waals surface area contributed by atoms with Gasteiger partial charge in [0.1, 0.15) is 6.04 Å². The van der Waals surface area contributed by atoms with Crippen molar-refractivity contribution in [1.29, 1.82) is 0 Å². The molecular formula is C11H23NO4S. The van der Waals surface area contributed by atoms with E-state index >= 15 is 0 Å². The van der Waals surface area contributed by atoms with E-state index in [-0.39, 0.29) is 11.7 Å². The van der Waals surface area contributed by atoms with E-state index in [1.165, 1.54) is 0 Å². The van der Waals surface area contributed by atoms with Crippen molar-refractivity contribution in [2.24, 2.45) is 11.3 Å². The van der Waals surface area contributed by atoms with Crippen LogP contribution in [0.4, 0.5) is 0 Å². The van der Waals surface area contributed by atoms with Gasteiger partial charge in [0.15, 0.2) is 0 Å². The molecule has 0 aliphatic rings. The number of carboxylic acid groups (broad SMARTS) is 1. The van der Waals surface area contributed by atoms with Gasteiger partial charge < -0.3 is 5.11 Å². The molecule has 0 heterocycles. The summed E-state index contributed by atoms with van der Waals surface area (Å²) in [6, 6.07) is -1.05. The van der Waals surface area contributed by atoms with Gasteiger partial charge in [-0.3, -0.25) is 4.79 Å². The van der Waals surface area contributed by atoms with Crippen LogP contribution in [-0.2, 0) is 14.8 Å². The van der Waals surface area contributed by atoms with Gasteiger partial charge >= 0.3 is 5.97 Å². The summed E-state index contributed by atoms with van der Waals surface area (Å²) < 4.78 is 25.9. The number of carboxylic acids is 1. The van der Waals surface area contributed by atoms with Crippen LogP contribution in [0.1, 0.15) is 41.0 Å². The Morgan fingerprint density at radius 2 is 1.82 bits per heavy atom. The van der Waals surface area contributed by atoms with Crippen molar-refractivity contribution in [3.05, 3.63) is 0 Å². The largest absolute Gasteiger partial charge is 0.480 e. The molecular weight excluding hydrogens is 242 g/mol. The van der Waals surface area contributed by atoms with Crippen molar-refractivity contribution in [3.8, 4) is 0 Å². The summed E-state index contributed by atoms with van der Waals surface area (Å²) in [5.74, 6) is -1.45. The second-order valence-corrected chi connectivity index (χ2v) is 7.39. The van der Waals surface area contributed by atoms with E-state index in [1.807, 2.05) is 6.92 Å². The van der Waals surface area contributed by atoms with E-state index in [2.05, 4.69) is 4.72 Å². The van der Waals surface area contributed by atoms with Gasteiger partial charge in [-0.2, -0.15) is 0 Å². The lowest BCUT2D eigenvalue weighted by Gasteiger charge is -2.23. The van der Waals surface area contributed by atoms with Crippen LogP contribution in [0.3, 0.4) is 0 Å². The zero-order valence-electron chi connectivity index (χ0n) is 11.1. The Morgan fingerprint density at radius 3 is 2.12 bits per heavy atom. The standard InChI is InChI=1S/C11H23NO4S/c1-6-8(2)9(10(13)14)12-17(15,16)7-11(3,4)5/h8-9,12H,6-7H2,1-5H3,(H,13,14)/t8-,9-/m0/s1. The first-order valence-electron chi connectivity index (χ1n) is 5.71. The highest BCUT2D eigenvalue weighted by atomic mass is 32.2. The molecule has 0 spiro atoms. The molecule has 0 unspecified atom stereocenters. The van der Waals surface area contributed by atoms with Gasteiger partial charge in [-0.05, 0) is 11.3 Å². The first-order valence-corrected chi connectivity index (χ1v) is 7.36. The highest BCUT2D eigenvalue weighted by molar-refractivity contribution is 7.89. The van der Waals surface area contributed by atoms with E-state index in [4.69, 9.17) is 5.11 Å². The Hall–Kier alpha value is -0.620. The maximum atomic E-state index is 11.8. The minimum Gasteiger partial charge on any atom is -0.480 e. The molecule has 0 aromatic carbocycles. The third kappa shape index (κ3) is 6.63. The average molecular weight is 265 g/mol. The molecule has 0 fully saturated rings. The third-order valence-corrected chi connectivity index (χ3v) is 4.27. The smallest absolute Gasteiger partial charge is 0.322 e. The molecule has 2 atom stereocenters. The van der Waals surface area contributed by atoms with Crippen molar-refractivity contribution < 1.29 is 18.3 Å². The second kappa shape index (κ2) is 5.82. The molecule has 0 aromatic heterocycles. The zero-order valence-corrected chi connectivity index (χ0v) is 12.0. The minimum atomic E-state index is -3.57. The Balaban J connectivity index is 4.83. The second-order valence-electron chi connectivity index (χ2n) is 5.64. The number of hydrogen-bond donors (Lipinski definition) is 2. The molecule has 102 valence electrons. The maximum Gasteiger partial charge on any atom is 0.322 e. The van der Waals surface area contributed by atoms with Crippen LogP contribution in [0, 0.1) is 11.3 Å². The van der Waals surface area contributed by atoms with Crippen LogP contribution >= 0.6 is 0 Å². The maximum absolute atomic E-state index is 11.8. The minimum absolute atomic E-state index is 0.0831. The molecule has 0 radical (unpaired) electrons. The lowest BCUT2D eigenvalue weighted by Crippen LogP contribution is -2.47. The van der Waals surface area contributed by atoms with E-state index in [0.29, 0.717) is 6.42 Å². The Labute approximate surface area is 104 Å². The molecule has 0 saturated carbocycles. The van der Waals surface area contributed by atoms with Crippen LogP contribution in [-0.4, -0.2) is 31.3 Å². The van der Waals surface area contributed by atoms with Crippen molar-refractivity contribution in [2.75, 3.05) is 5.75 Å². The van der Waals surface area contributed by atoms with Crippen molar-refractivity contribution >= 4 is 16.0 Å². The monoisotopic (exact) mass is 265 g/mol. The Bertz CT molecular complexity index is 356. The van der Waals surface area contributed by atoms with Crippen LogP contribution in [0.5, 0.6) is 0 Å². The number of hydrogen-bond acceptors (Lipinski definition) is 3. The summed E-state index contributed by atoms with van der Waals surface area (Å²) in [5, 5.41) is 9.01. The van der Waals surface area contributed by atoms with Crippen molar-refractivity contribution in [3.63, 3.8) is 0 Å². The molecule has 17 heavy (non-hydrogen) atoms. The average Bonchev–Trinajstić information content (AvgIpc) is 2.08. The highest BCUT2D eigenvalue weighted by Crippen LogP contribution is 2.17. The number of aliphatic carboxylic acids is 1. The number of rotatable bonds is 6. The van der Waals surface area contributed by atoms with E-state index in [0.717, 1.165) is 0 Å². The molecule has 0 aliphatic carbocycles. The lowest BCUT2D eigenvalue weighted by atomic mass is 10.0. The molecule has 0 amide bonds. The first-order chi connectivity index (χ1) is 7.48. The van der Waals surface area contributed by atoms with Gasteiger partial charge in [-0.15, -0.1) is 0 Å². The molecule has 6 heteroatoms. The SMILES string of the molecule is CC[C@H](C)[C@H](NS(=O)(=O)CC(C)(C)C)C(=O)O. The third-order valence-electron chi connectivity index (χ3n) is 2.41. The molecule has 0 rings (SSSR count). The molecule has 5 nitrogen and oxygen atoms in total. The van der Waals surface area contributed by atoms with E-state index in [1.54, 1.807) is 27.7 Å². The molecule has 0 aliphatic heterocycles. The van der Waals surface area contributed by atoms with Crippen molar-refractivity contribution in [2.45, 2.75) is 47.1 Å². The van der Waals surface area contributed by atoms with Crippen molar-refractivity contribution in [1.82, 2.24) is 4.72 Å². The lowest BCUT2D eigenvalue weighted by molar-refractivity contribution is -0.140. The fraction of sp³-hybridized carbons (Fsp3) is 0.909. The van der Waals surface area contributed by atoms with Gasteiger partial charge in [0.2, 0.25) is 10.0 Å². The Kier molecular flexibility index (Phi) is 5.61. The van der Waals surface area contributed by atoms with Crippen LogP contribution in [0.25, 0.3) is 0 Å². The predicted octanol–water partition coefficient (Wildman–Crippen LogP) is 1.45. The van der Waals surface area contributed by atoms with Crippen LogP contribution in [0.2, 0.25) is 0 Å². The summed E-state index contributed by atoms with van der Waals surface area (Å²) in [4.78, 5) is 11.0. The highest BCUT2D eigenvalue weighted by Gasteiger charge is 2.30. The fourth-order valence-corrected chi connectivity index (χ4v) is 3.39. The molecule has 2 N–H and O–H groups in total. The summed E-state index contributed by atoms with van der Waals surface area (Å²) in [5.41, 5.74) is -0.398. The van der Waals surface area contributed by atoms with Gasteiger partial charge in [-0.25, -0.2) is 13.1 Å². The quantitative estimate of drug-likeness (QED) is 0.761. The fourth-order valence-electron chi connectivity index (χ4n) is 1.45. The van der Waals surface area contributed by atoms with Gasteiger partial charge in [0, 0.05) is 0 Å². The summed E-state index contributed by atoms with van der Waals surface area (Å²) in [7, 11) is -3.57. The van der Waals surface area contributed by atoms with E-state index in [9.17, 15) is 13.2 Å². The number of carbonyl (C=O) groups is 1. The number of nitrogens with one attached hydrogen (secondary N) is 1. The summed E-state index contributed by atoms with van der Waals surface area (Å²) in [6.07, 6.45) is 0.606. The molecule has 0 bridgehead atoms. The van der Waals surface area contributed by atoms with E-state index < -0.39 is 27.4 Å². The number of sulfonamides is 1. The zero-order chi connectivity index (χ0) is 13.9. The first kappa shape index (κ1) is 16.4. The summed E-state index contributed by atoms with van der Waals surface area (Å²) >= 11 is 0. The normalized spacial score (nSPS) is 16.5. The summed E-state index contributed by atoms with van der Waals surface area (Å²) in [6.45, 7) is 8.94. The van der Waals surface area contributed by atoms with Gasteiger partial charge in [0.05, 0.1) is 5.75 Å². The van der Waals surface area contributed by atoms with Crippen LogP contribution < -0.4 is 4.72 Å².